The van der Waals surface area contributed by atoms with Crippen LogP contribution in [-0.4, -0.2) is 17.4 Å². The predicted octanol–water partition coefficient (Wildman–Crippen LogP) is 2.80. The molecular formula is C17H17N3O. The summed E-state index contributed by atoms with van der Waals surface area (Å²) in [5.74, 6) is -0.0992. The maximum absolute atomic E-state index is 12.5. The number of nitrogens with two attached hydrogens (primary N) is 1. The molecule has 4 heteroatoms. The summed E-state index contributed by atoms with van der Waals surface area (Å²) < 4.78 is 0. The molecule has 0 saturated carbocycles. The van der Waals surface area contributed by atoms with Gasteiger partial charge in [0.15, 0.2) is 0 Å². The number of nitrogen functional groups attached to an aromatic ring is 1. The highest BCUT2D eigenvalue weighted by Crippen LogP contribution is 2.16. The van der Waals surface area contributed by atoms with E-state index in [0.717, 1.165) is 5.56 Å². The summed E-state index contributed by atoms with van der Waals surface area (Å²) in [5, 5.41) is 8.92. The summed E-state index contributed by atoms with van der Waals surface area (Å²) >= 11 is 0. The number of hydrogen-bond acceptors (Lipinski definition) is 3. The van der Waals surface area contributed by atoms with Crippen LogP contribution in [0.4, 0.5) is 5.69 Å². The lowest BCUT2D eigenvalue weighted by molar-refractivity contribution is 0.0753. The number of anilines is 1. The zero-order valence-corrected chi connectivity index (χ0v) is 11.9. The van der Waals surface area contributed by atoms with Crippen molar-refractivity contribution in [2.24, 2.45) is 0 Å². The minimum absolute atomic E-state index is 0.0992. The highest BCUT2D eigenvalue weighted by atomic mass is 16.2. The summed E-state index contributed by atoms with van der Waals surface area (Å²) in [5.41, 5.74) is 8.52. The first-order chi connectivity index (χ1) is 10.2. The lowest BCUT2D eigenvalue weighted by atomic mass is 10.1. The fraction of sp³-hybridized carbons (Fsp3) is 0.176. The van der Waals surface area contributed by atoms with Crippen LogP contribution in [0.2, 0.25) is 0 Å². The highest BCUT2D eigenvalue weighted by molar-refractivity contribution is 5.94. The quantitative estimate of drug-likeness (QED) is 0.875. The Labute approximate surface area is 124 Å². The number of benzene rings is 2. The van der Waals surface area contributed by atoms with Gasteiger partial charge >= 0.3 is 0 Å². The molecule has 0 saturated heterocycles. The number of amides is 1. The van der Waals surface area contributed by atoms with E-state index in [0.29, 0.717) is 29.9 Å². The van der Waals surface area contributed by atoms with E-state index >= 15 is 0 Å². The average molecular weight is 279 g/mol. The fourth-order valence-corrected chi connectivity index (χ4v) is 2.12. The standard InChI is InChI=1S/C17H17N3O/c1-2-20(12-15-7-3-4-9-16(15)19)17(21)14-8-5-6-13(10-14)11-18/h3-10H,2,12,19H2,1H3. The Morgan fingerprint density at radius 3 is 2.67 bits per heavy atom. The molecule has 106 valence electrons. The third-order valence-corrected chi connectivity index (χ3v) is 3.32. The lowest BCUT2D eigenvalue weighted by Gasteiger charge is -2.22. The normalized spacial score (nSPS) is 9.90. The molecule has 0 radical (unpaired) electrons. The van der Waals surface area contributed by atoms with Crippen molar-refractivity contribution in [3.8, 4) is 6.07 Å². The summed E-state index contributed by atoms with van der Waals surface area (Å²) in [6.07, 6.45) is 0. The third-order valence-electron chi connectivity index (χ3n) is 3.32. The van der Waals surface area contributed by atoms with Crippen molar-refractivity contribution in [3.63, 3.8) is 0 Å². The summed E-state index contributed by atoms with van der Waals surface area (Å²) in [6, 6.07) is 16.3. The highest BCUT2D eigenvalue weighted by Gasteiger charge is 2.15. The van der Waals surface area contributed by atoms with Gasteiger partial charge in [0.1, 0.15) is 0 Å². The molecule has 2 rings (SSSR count). The van der Waals surface area contributed by atoms with Crippen LogP contribution in [-0.2, 0) is 6.54 Å². The minimum atomic E-state index is -0.0992. The Morgan fingerprint density at radius 1 is 1.24 bits per heavy atom. The zero-order valence-electron chi connectivity index (χ0n) is 11.9. The van der Waals surface area contributed by atoms with E-state index in [1.54, 1.807) is 29.2 Å². The van der Waals surface area contributed by atoms with Gasteiger partial charge < -0.3 is 10.6 Å². The average Bonchev–Trinajstić information content (AvgIpc) is 2.53. The monoisotopic (exact) mass is 279 g/mol. The molecule has 0 aromatic heterocycles. The number of rotatable bonds is 4. The van der Waals surface area contributed by atoms with E-state index in [4.69, 9.17) is 11.0 Å². The van der Waals surface area contributed by atoms with Crippen LogP contribution < -0.4 is 5.73 Å². The van der Waals surface area contributed by atoms with Crippen LogP contribution in [0.5, 0.6) is 0 Å². The Hall–Kier alpha value is -2.80. The number of nitriles is 1. The maximum atomic E-state index is 12.5. The fourth-order valence-electron chi connectivity index (χ4n) is 2.12. The molecule has 2 N–H and O–H groups in total. The molecule has 2 aromatic carbocycles. The number of para-hydroxylation sites is 1. The van der Waals surface area contributed by atoms with Gasteiger partial charge in [0, 0.05) is 24.3 Å². The van der Waals surface area contributed by atoms with Crippen molar-refractivity contribution >= 4 is 11.6 Å². The van der Waals surface area contributed by atoms with Crippen molar-refractivity contribution in [2.75, 3.05) is 12.3 Å². The molecule has 0 fully saturated rings. The molecule has 4 nitrogen and oxygen atoms in total. The molecular weight excluding hydrogens is 262 g/mol. The lowest BCUT2D eigenvalue weighted by Crippen LogP contribution is -2.30. The number of carbonyl (C=O) groups is 1. The van der Waals surface area contributed by atoms with Gasteiger partial charge in [-0.15, -0.1) is 0 Å². The van der Waals surface area contributed by atoms with Gasteiger partial charge in [0.05, 0.1) is 11.6 Å². The van der Waals surface area contributed by atoms with Gasteiger partial charge in [-0.3, -0.25) is 4.79 Å². The van der Waals surface area contributed by atoms with Gasteiger partial charge in [-0.25, -0.2) is 0 Å². The molecule has 0 spiro atoms. The molecule has 0 heterocycles. The summed E-state index contributed by atoms with van der Waals surface area (Å²) in [6.45, 7) is 2.95. The van der Waals surface area contributed by atoms with Crippen molar-refractivity contribution in [1.82, 2.24) is 4.90 Å². The minimum Gasteiger partial charge on any atom is -0.398 e. The van der Waals surface area contributed by atoms with Crippen LogP contribution >= 0.6 is 0 Å². The van der Waals surface area contributed by atoms with E-state index in [2.05, 4.69) is 0 Å². The Kier molecular flexibility index (Phi) is 4.57. The van der Waals surface area contributed by atoms with E-state index in [1.165, 1.54) is 0 Å². The van der Waals surface area contributed by atoms with Crippen LogP contribution in [0.3, 0.4) is 0 Å². The molecule has 0 aliphatic heterocycles. The maximum Gasteiger partial charge on any atom is 0.254 e. The summed E-state index contributed by atoms with van der Waals surface area (Å²) in [4.78, 5) is 14.2. The molecule has 0 atom stereocenters. The molecule has 0 aliphatic rings. The van der Waals surface area contributed by atoms with E-state index in [-0.39, 0.29) is 5.91 Å². The number of hydrogen-bond donors (Lipinski definition) is 1. The summed E-state index contributed by atoms with van der Waals surface area (Å²) in [7, 11) is 0. The first kappa shape index (κ1) is 14.6. The second-order valence-electron chi connectivity index (χ2n) is 4.71. The van der Waals surface area contributed by atoms with Gasteiger partial charge in [-0.1, -0.05) is 24.3 Å². The molecule has 0 aliphatic carbocycles. The van der Waals surface area contributed by atoms with Gasteiger partial charge in [-0.05, 0) is 36.8 Å². The zero-order chi connectivity index (χ0) is 15.2. The van der Waals surface area contributed by atoms with Crippen LogP contribution in [0.25, 0.3) is 0 Å². The molecule has 21 heavy (non-hydrogen) atoms. The SMILES string of the molecule is CCN(Cc1ccccc1N)C(=O)c1cccc(C#N)c1. The topological polar surface area (TPSA) is 70.1 Å². The second kappa shape index (κ2) is 6.58. The number of carbonyl (C=O) groups excluding carboxylic acids is 1. The van der Waals surface area contributed by atoms with E-state index in [9.17, 15) is 4.79 Å². The van der Waals surface area contributed by atoms with Crippen molar-refractivity contribution in [1.29, 1.82) is 5.26 Å². The van der Waals surface area contributed by atoms with E-state index in [1.807, 2.05) is 37.3 Å². The molecule has 0 unspecified atom stereocenters. The van der Waals surface area contributed by atoms with Gasteiger partial charge in [0.2, 0.25) is 0 Å². The Bertz CT molecular complexity index is 688. The Morgan fingerprint density at radius 2 is 2.00 bits per heavy atom. The van der Waals surface area contributed by atoms with E-state index < -0.39 is 0 Å². The predicted molar refractivity (Wildman–Crippen MR) is 82.4 cm³/mol. The van der Waals surface area contributed by atoms with Gasteiger partial charge in [-0.2, -0.15) is 5.26 Å². The number of nitrogens with zero attached hydrogens (tertiary/aromatic N) is 2. The van der Waals surface area contributed by atoms with Crippen LogP contribution in [0.1, 0.15) is 28.4 Å². The van der Waals surface area contributed by atoms with Crippen molar-refractivity contribution in [2.45, 2.75) is 13.5 Å². The van der Waals surface area contributed by atoms with Crippen molar-refractivity contribution in [3.05, 3.63) is 65.2 Å². The Balaban J connectivity index is 2.23. The first-order valence-corrected chi connectivity index (χ1v) is 6.78. The largest absolute Gasteiger partial charge is 0.398 e. The third kappa shape index (κ3) is 3.40. The smallest absolute Gasteiger partial charge is 0.254 e. The van der Waals surface area contributed by atoms with Gasteiger partial charge in [0.25, 0.3) is 5.91 Å². The molecule has 1 amide bonds. The van der Waals surface area contributed by atoms with Crippen LogP contribution in [0.15, 0.2) is 48.5 Å². The molecule has 0 bridgehead atoms. The molecule has 2 aromatic rings. The first-order valence-electron chi connectivity index (χ1n) is 6.78. The van der Waals surface area contributed by atoms with Crippen LogP contribution in [0, 0.1) is 11.3 Å². The van der Waals surface area contributed by atoms with Crippen molar-refractivity contribution < 1.29 is 4.79 Å². The second-order valence-corrected chi connectivity index (χ2v) is 4.71.